The third kappa shape index (κ3) is 2.27. The summed E-state index contributed by atoms with van der Waals surface area (Å²) < 4.78 is 1.88. The second kappa shape index (κ2) is 4.88. The molecule has 92 valence electrons. The number of nitrogens with zero attached hydrogens (tertiary/aromatic N) is 1. The van der Waals surface area contributed by atoms with Gasteiger partial charge in [-0.3, -0.25) is 4.79 Å². The molecule has 18 heavy (non-hydrogen) atoms. The molecule has 0 spiro atoms. The summed E-state index contributed by atoms with van der Waals surface area (Å²) in [5, 5.41) is 1.95. The quantitative estimate of drug-likeness (QED) is 0.481. The van der Waals surface area contributed by atoms with E-state index in [1.54, 1.807) is 23.5 Å². The Morgan fingerprint density at radius 3 is 3.22 bits per heavy atom. The van der Waals surface area contributed by atoms with Crippen LogP contribution in [0.4, 0.5) is 0 Å². The highest BCUT2D eigenvalue weighted by Gasteiger charge is 2.17. The first kappa shape index (κ1) is 11.4. The number of hydrogen-bond donors (Lipinski definition) is 0. The number of carbonyl (C=O) groups is 1. The van der Waals surface area contributed by atoms with Crippen LogP contribution in [0.5, 0.6) is 5.75 Å². The molecule has 0 fully saturated rings. The van der Waals surface area contributed by atoms with Crippen molar-refractivity contribution in [2.45, 2.75) is 13.0 Å². The van der Waals surface area contributed by atoms with Crippen molar-refractivity contribution < 1.29 is 19.1 Å². The zero-order chi connectivity index (χ0) is 12.4. The molecule has 5 heteroatoms. The van der Waals surface area contributed by atoms with Gasteiger partial charge >= 0.3 is 0 Å². The van der Waals surface area contributed by atoms with Crippen molar-refractivity contribution in [1.82, 2.24) is 0 Å². The maximum atomic E-state index is 12.1. The molecule has 1 aliphatic rings. The van der Waals surface area contributed by atoms with Crippen molar-refractivity contribution in [3.63, 3.8) is 0 Å². The molecule has 4 nitrogen and oxygen atoms in total. The Bertz CT molecular complexity index is 566. The van der Waals surface area contributed by atoms with E-state index in [0.717, 1.165) is 17.5 Å². The Kier molecular flexibility index (Phi) is 3.08. The molecule has 1 aliphatic heterocycles. The summed E-state index contributed by atoms with van der Waals surface area (Å²) in [6.45, 7) is 0.906. The fraction of sp³-hybridized carbons (Fsp3) is 0.231. The predicted molar refractivity (Wildman–Crippen MR) is 65.6 cm³/mol. The van der Waals surface area contributed by atoms with E-state index in [1.807, 2.05) is 27.7 Å². The minimum atomic E-state index is 0.104. The van der Waals surface area contributed by atoms with E-state index in [4.69, 9.17) is 9.78 Å². The van der Waals surface area contributed by atoms with Crippen LogP contribution < -0.4 is 9.45 Å². The van der Waals surface area contributed by atoms with Crippen LogP contribution in [0.1, 0.15) is 15.9 Å². The number of ketones is 1. The van der Waals surface area contributed by atoms with Crippen molar-refractivity contribution in [3.05, 3.63) is 46.4 Å². The SMILES string of the molecule is O=C(C[n+]1ccsc1)c1ccc2c(c1)CCOO2. The number of rotatable bonds is 3. The fourth-order valence-electron chi connectivity index (χ4n) is 1.90. The number of benzene rings is 1. The molecule has 0 N–H and O–H groups in total. The van der Waals surface area contributed by atoms with Gasteiger partial charge in [-0.1, -0.05) is 11.3 Å². The Balaban J connectivity index is 1.81. The summed E-state index contributed by atoms with van der Waals surface area (Å²) >= 11 is 1.57. The third-order valence-electron chi connectivity index (χ3n) is 2.84. The van der Waals surface area contributed by atoms with Crippen molar-refractivity contribution in [1.29, 1.82) is 0 Å². The summed E-state index contributed by atoms with van der Waals surface area (Å²) in [5.41, 5.74) is 3.67. The van der Waals surface area contributed by atoms with E-state index < -0.39 is 0 Å². The number of Topliss-reactive ketones (excluding diaryl/α,β-unsaturated/α-hetero) is 1. The van der Waals surface area contributed by atoms with Crippen LogP contribution in [0.3, 0.4) is 0 Å². The maximum absolute atomic E-state index is 12.1. The van der Waals surface area contributed by atoms with Gasteiger partial charge in [-0.05, 0) is 18.2 Å². The Morgan fingerprint density at radius 2 is 2.39 bits per heavy atom. The van der Waals surface area contributed by atoms with Crippen LogP contribution in [-0.2, 0) is 17.9 Å². The highest BCUT2D eigenvalue weighted by molar-refractivity contribution is 7.07. The van der Waals surface area contributed by atoms with Crippen molar-refractivity contribution in [2.24, 2.45) is 0 Å². The molecule has 0 radical (unpaired) electrons. The average Bonchev–Trinajstić information content (AvgIpc) is 2.91. The molecule has 0 aliphatic carbocycles. The standard InChI is InChI=1S/C13H12NO3S/c15-12(8-14-4-6-18-9-14)10-1-2-13-11(7-10)3-5-16-17-13/h1-2,4,6-7,9H,3,5,8H2/q+1. The molecule has 0 bridgehead atoms. The lowest BCUT2D eigenvalue weighted by Crippen LogP contribution is -2.35. The highest BCUT2D eigenvalue weighted by Crippen LogP contribution is 2.24. The lowest BCUT2D eigenvalue weighted by molar-refractivity contribution is -0.678. The third-order valence-corrected chi connectivity index (χ3v) is 3.51. The van der Waals surface area contributed by atoms with Crippen LogP contribution in [0.15, 0.2) is 35.3 Å². The van der Waals surface area contributed by atoms with Crippen LogP contribution in [0.2, 0.25) is 0 Å². The van der Waals surface area contributed by atoms with Gasteiger partial charge in [0.1, 0.15) is 0 Å². The summed E-state index contributed by atoms with van der Waals surface area (Å²) in [4.78, 5) is 22.1. The fourth-order valence-corrected chi connectivity index (χ4v) is 2.49. The molecular formula is C13H12NO3S+. The first-order valence-corrected chi connectivity index (χ1v) is 6.64. The first-order chi connectivity index (χ1) is 8.83. The van der Waals surface area contributed by atoms with Crippen LogP contribution in [0, 0.1) is 0 Å². The monoisotopic (exact) mass is 262 g/mol. The van der Waals surface area contributed by atoms with E-state index in [2.05, 4.69) is 0 Å². The summed E-state index contributed by atoms with van der Waals surface area (Å²) in [5.74, 6) is 0.814. The molecular weight excluding hydrogens is 250 g/mol. The molecule has 0 amide bonds. The number of carbonyl (C=O) groups excluding carboxylic acids is 1. The van der Waals surface area contributed by atoms with Gasteiger partial charge in [0.15, 0.2) is 11.9 Å². The Hall–Kier alpha value is -1.72. The molecule has 2 aromatic rings. The average molecular weight is 262 g/mol. The zero-order valence-corrected chi connectivity index (χ0v) is 10.5. The van der Waals surface area contributed by atoms with E-state index in [9.17, 15) is 4.79 Å². The van der Waals surface area contributed by atoms with E-state index in [1.165, 1.54) is 0 Å². The van der Waals surface area contributed by atoms with Crippen molar-refractivity contribution in [3.8, 4) is 5.75 Å². The molecule has 0 saturated carbocycles. The number of thiazole rings is 1. The smallest absolute Gasteiger partial charge is 0.227 e. The van der Waals surface area contributed by atoms with E-state index >= 15 is 0 Å². The van der Waals surface area contributed by atoms with Crippen LogP contribution >= 0.6 is 11.3 Å². The largest absolute Gasteiger partial charge is 0.337 e. The first-order valence-electron chi connectivity index (χ1n) is 5.70. The normalized spacial score (nSPS) is 13.8. The molecule has 1 aromatic carbocycles. The Labute approximate surface area is 108 Å². The minimum Gasteiger partial charge on any atom is -0.337 e. The van der Waals surface area contributed by atoms with Crippen LogP contribution in [-0.4, -0.2) is 12.4 Å². The summed E-state index contributed by atoms with van der Waals surface area (Å²) in [7, 11) is 0. The van der Waals surface area contributed by atoms with Crippen molar-refractivity contribution in [2.75, 3.05) is 6.61 Å². The van der Waals surface area contributed by atoms with Crippen LogP contribution in [0.25, 0.3) is 0 Å². The van der Waals surface area contributed by atoms with Gasteiger partial charge in [0.25, 0.3) is 0 Å². The van der Waals surface area contributed by atoms with Gasteiger partial charge < -0.3 is 4.89 Å². The minimum absolute atomic E-state index is 0.104. The van der Waals surface area contributed by atoms with Gasteiger partial charge in [0.05, 0.1) is 12.0 Å². The number of fused-ring (bicyclic) bond motifs is 1. The maximum Gasteiger partial charge on any atom is 0.227 e. The van der Waals surface area contributed by atoms with Gasteiger partial charge in [-0.15, -0.1) is 0 Å². The highest BCUT2D eigenvalue weighted by atomic mass is 32.1. The molecule has 0 saturated heterocycles. The van der Waals surface area contributed by atoms with E-state index in [-0.39, 0.29) is 5.78 Å². The van der Waals surface area contributed by atoms with E-state index in [0.29, 0.717) is 18.9 Å². The summed E-state index contributed by atoms with van der Waals surface area (Å²) in [6.07, 6.45) is 2.68. The van der Waals surface area contributed by atoms with Gasteiger partial charge in [-0.2, -0.15) is 9.45 Å². The van der Waals surface area contributed by atoms with Gasteiger partial charge in [0, 0.05) is 17.5 Å². The molecule has 0 atom stereocenters. The zero-order valence-electron chi connectivity index (χ0n) is 9.67. The van der Waals surface area contributed by atoms with Crippen molar-refractivity contribution >= 4 is 17.1 Å². The second-order valence-corrected chi connectivity index (χ2v) is 4.86. The molecule has 0 unspecified atom stereocenters. The molecule has 1 aromatic heterocycles. The molecule has 3 rings (SSSR count). The number of hydrogen-bond acceptors (Lipinski definition) is 4. The number of aromatic nitrogens is 1. The summed E-state index contributed by atoms with van der Waals surface area (Å²) in [6, 6.07) is 5.47. The van der Waals surface area contributed by atoms with Gasteiger partial charge in [0.2, 0.25) is 17.8 Å². The molecule has 2 heterocycles. The second-order valence-electron chi connectivity index (χ2n) is 4.10. The predicted octanol–water partition coefficient (Wildman–Crippen LogP) is 1.78. The van der Waals surface area contributed by atoms with Gasteiger partial charge in [-0.25, -0.2) is 0 Å². The lowest BCUT2D eigenvalue weighted by atomic mass is 10.0. The lowest BCUT2D eigenvalue weighted by Gasteiger charge is -2.15. The topological polar surface area (TPSA) is 39.4 Å². The Morgan fingerprint density at radius 1 is 1.44 bits per heavy atom.